The first-order chi connectivity index (χ1) is 9.66. The molecule has 0 saturated heterocycles. The van der Waals surface area contributed by atoms with Crippen molar-refractivity contribution in [3.05, 3.63) is 52.3 Å². The fourth-order valence-corrected chi connectivity index (χ4v) is 1.78. The average Bonchev–Trinajstić information content (AvgIpc) is 2.47. The molecule has 20 heavy (non-hydrogen) atoms. The summed E-state index contributed by atoms with van der Waals surface area (Å²) in [6, 6.07) is 10.7. The van der Waals surface area contributed by atoms with E-state index in [1.807, 2.05) is 30.3 Å². The van der Waals surface area contributed by atoms with E-state index in [1.54, 1.807) is 0 Å². The van der Waals surface area contributed by atoms with Gasteiger partial charge in [-0.3, -0.25) is 4.79 Å². The minimum Gasteiger partial charge on any atom is -0.492 e. The topological polar surface area (TPSA) is 64.1 Å². The third kappa shape index (κ3) is 4.08. The molecule has 1 amide bonds. The summed E-state index contributed by atoms with van der Waals surface area (Å²) in [7, 11) is 0. The minimum absolute atomic E-state index is 0.0101. The normalized spacial score (nSPS) is 10.1. The van der Waals surface area contributed by atoms with Gasteiger partial charge < -0.3 is 10.1 Å². The van der Waals surface area contributed by atoms with Crippen LogP contribution in [0.3, 0.4) is 0 Å². The number of nitrogens with one attached hydrogen (secondary N) is 1. The molecular formula is C13H11Cl2N3O2. The number of para-hydroxylation sites is 1. The van der Waals surface area contributed by atoms with Crippen molar-refractivity contribution < 1.29 is 9.53 Å². The van der Waals surface area contributed by atoms with Gasteiger partial charge in [0.1, 0.15) is 12.4 Å². The SMILES string of the molecule is O=C(NCCOc1ccccc1)c1cc(Cl)nnc1Cl. The van der Waals surface area contributed by atoms with Gasteiger partial charge in [-0.25, -0.2) is 0 Å². The maximum atomic E-state index is 11.9. The van der Waals surface area contributed by atoms with Gasteiger partial charge >= 0.3 is 0 Å². The summed E-state index contributed by atoms with van der Waals surface area (Å²) in [6.45, 7) is 0.684. The molecule has 0 aliphatic carbocycles. The molecule has 2 rings (SSSR count). The largest absolute Gasteiger partial charge is 0.492 e. The first-order valence-electron chi connectivity index (χ1n) is 5.81. The molecule has 0 aliphatic rings. The molecule has 2 aromatic rings. The molecular weight excluding hydrogens is 301 g/mol. The molecule has 1 aromatic carbocycles. The second-order valence-electron chi connectivity index (χ2n) is 3.79. The van der Waals surface area contributed by atoms with Crippen molar-refractivity contribution in [2.24, 2.45) is 0 Å². The molecule has 5 nitrogen and oxygen atoms in total. The second-order valence-corrected chi connectivity index (χ2v) is 4.53. The highest BCUT2D eigenvalue weighted by Gasteiger charge is 2.12. The Morgan fingerprint density at radius 2 is 1.95 bits per heavy atom. The Labute approximate surface area is 125 Å². The van der Waals surface area contributed by atoms with Crippen LogP contribution in [0.2, 0.25) is 10.3 Å². The molecule has 1 aromatic heterocycles. The van der Waals surface area contributed by atoms with Crippen LogP contribution in [0.5, 0.6) is 5.75 Å². The van der Waals surface area contributed by atoms with E-state index in [4.69, 9.17) is 27.9 Å². The fourth-order valence-electron chi connectivity index (χ4n) is 1.46. The van der Waals surface area contributed by atoms with Crippen LogP contribution < -0.4 is 10.1 Å². The van der Waals surface area contributed by atoms with Gasteiger partial charge in [0.05, 0.1) is 12.1 Å². The van der Waals surface area contributed by atoms with Crippen molar-refractivity contribution in [2.45, 2.75) is 0 Å². The maximum absolute atomic E-state index is 11.9. The first-order valence-corrected chi connectivity index (χ1v) is 6.57. The third-order valence-electron chi connectivity index (χ3n) is 2.36. The fraction of sp³-hybridized carbons (Fsp3) is 0.154. The number of hydrogen-bond acceptors (Lipinski definition) is 4. The van der Waals surface area contributed by atoms with Gasteiger partial charge in [0.2, 0.25) is 0 Å². The monoisotopic (exact) mass is 311 g/mol. The van der Waals surface area contributed by atoms with Crippen LogP contribution >= 0.6 is 23.2 Å². The predicted molar refractivity (Wildman–Crippen MR) is 76.3 cm³/mol. The van der Waals surface area contributed by atoms with E-state index in [1.165, 1.54) is 6.07 Å². The van der Waals surface area contributed by atoms with Crippen LogP contribution in [0, 0.1) is 0 Å². The zero-order valence-electron chi connectivity index (χ0n) is 10.3. The Bertz CT molecular complexity index is 593. The highest BCUT2D eigenvalue weighted by atomic mass is 35.5. The lowest BCUT2D eigenvalue weighted by atomic mass is 10.3. The number of rotatable bonds is 5. The number of amides is 1. The predicted octanol–water partition coefficient (Wildman–Crippen LogP) is 2.59. The van der Waals surface area contributed by atoms with E-state index in [0.717, 1.165) is 5.75 Å². The van der Waals surface area contributed by atoms with E-state index in [0.29, 0.717) is 13.2 Å². The summed E-state index contributed by atoms with van der Waals surface area (Å²) in [5.41, 5.74) is 0.186. The van der Waals surface area contributed by atoms with Crippen molar-refractivity contribution in [2.75, 3.05) is 13.2 Å². The van der Waals surface area contributed by atoms with Crippen molar-refractivity contribution >= 4 is 29.1 Å². The Kier molecular flexibility index (Phi) is 5.15. The highest BCUT2D eigenvalue weighted by molar-refractivity contribution is 6.34. The summed E-state index contributed by atoms with van der Waals surface area (Å²) < 4.78 is 5.44. The quantitative estimate of drug-likeness (QED) is 0.862. The van der Waals surface area contributed by atoms with Crippen molar-refractivity contribution in [1.82, 2.24) is 15.5 Å². The number of hydrogen-bond donors (Lipinski definition) is 1. The van der Waals surface area contributed by atoms with Crippen LogP contribution in [0.15, 0.2) is 36.4 Å². The summed E-state index contributed by atoms with van der Waals surface area (Å²) in [5.74, 6) is 0.372. The van der Waals surface area contributed by atoms with Gasteiger partial charge in [-0.05, 0) is 18.2 Å². The summed E-state index contributed by atoms with van der Waals surface area (Å²) in [6.07, 6.45) is 0. The van der Waals surface area contributed by atoms with Crippen LogP contribution in [0.4, 0.5) is 0 Å². The molecule has 104 valence electrons. The molecule has 0 unspecified atom stereocenters. The Morgan fingerprint density at radius 3 is 2.70 bits per heavy atom. The number of halogens is 2. The van der Waals surface area contributed by atoms with Gasteiger partial charge in [0.25, 0.3) is 5.91 Å². The zero-order valence-corrected chi connectivity index (χ0v) is 11.9. The van der Waals surface area contributed by atoms with Gasteiger partial charge in [-0.2, -0.15) is 0 Å². The van der Waals surface area contributed by atoms with E-state index in [2.05, 4.69) is 15.5 Å². The van der Waals surface area contributed by atoms with E-state index >= 15 is 0 Å². The average molecular weight is 312 g/mol. The van der Waals surface area contributed by atoms with Gasteiger partial charge in [-0.15, -0.1) is 10.2 Å². The lowest BCUT2D eigenvalue weighted by Crippen LogP contribution is -2.28. The lowest BCUT2D eigenvalue weighted by molar-refractivity contribution is 0.0946. The Morgan fingerprint density at radius 1 is 1.20 bits per heavy atom. The molecule has 0 spiro atoms. The third-order valence-corrected chi connectivity index (χ3v) is 2.83. The number of aromatic nitrogens is 2. The van der Waals surface area contributed by atoms with Crippen LogP contribution in [0.25, 0.3) is 0 Å². The molecule has 0 saturated carbocycles. The van der Waals surface area contributed by atoms with Crippen LogP contribution in [0.1, 0.15) is 10.4 Å². The molecule has 1 N–H and O–H groups in total. The molecule has 0 aliphatic heterocycles. The molecule has 0 atom stereocenters. The number of nitrogens with zero attached hydrogens (tertiary/aromatic N) is 2. The Balaban J connectivity index is 1.82. The van der Waals surface area contributed by atoms with Crippen LogP contribution in [-0.2, 0) is 0 Å². The van der Waals surface area contributed by atoms with Gasteiger partial charge in [0.15, 0.2) is 10.3 Å². The number of carbonyl (C=O) groups excluding carboxylic acids is 1. The van der Waals surface area contributed by atoms with E-state index < -0.39 is 0 Å². The molecule has 7 heteroatoms. The number of carbonyl (C=O) groups is 1. The minimum atomic E-state index is -0.372. The van der Waals surface area contributed by atoms with Crippen molar-refractivity contribution in [1.29, 1.82) is 0 Å². The molecule has 0 radical (unpaired) electrons. The Hall–Kier alpha value is -1.85. The van der Waals surface area contributed by atoms with E-state index in [-0.39, 0.29) is 21.8 Å². The van der Waals surface area contributed by atoms with Crippen molar-refractivity contribution in [3.63, 3.8) is 0 Å². The zero-order chi connectivity index (χ0) is 14.4. The second kappa shape index (κ2) is 7.07. The maximum Gasteiger partial charge on any atom is 0.254 e. The van der Waals surface area contributed by atoms with E-state index in [9.17, 15) is 4.79 Å². The molecule has 0 bridgehead atoms. The summed E-state index contributed by atoms with van der Waals surface area (Å²) >= 11 is 11.4. The van der Waals surface area contributed by atoms with Crippen LogP contribution in [-0.4, -0.2) is 29.3 Å². The van der Waals surface area contributed by atoms with Gasteiger partial charge in [0, 0.05) is 0 Å². The first kappa shape index (κ1) is 14.6. The van der Waals surface area contributed by atoms with Crippen molar-refractivity contribution in [3.8, 4) is 5.75 Å². The molecule has 1 heterocycles. The summed E-state index contributed by atoms with van der Waals surface area (Å²) in [5, 5.41) is 9.89. The lowest BCUT2D eigenvalue weighted by Gasteiger charge is -2.08. The smallest absolute Gasteiger partial charge is 0.254 e. The number of benzene rings is 1. The number of ether oxygens (including phenoxy) is 1. The van der Waals surface area contributed by atoms with Gasteiger partial charge in [-0.1, -0.05) is 41.4 Å². The summed E-state index contributed by atoms with van der Waals surface area (Å²) in [4.78, 5) is 11.9. The standard InChI is InChI=1S/C13H11Cl2N3O2/c14-11-8-10(12(15)18-17-11)13(19)16-6-7-20-9-4-2-1-3-5-9/h1-5,8H,6-7H2,(H,16,19). The highest BCUT2D eigenvalue weighted by Crippen LogP contribution is 2.15. The molecule has 0 fully saturated rings.